The predicted octanol–water partition coefficient (Wildman–Crippen LogP) is 3.18. The van der Waals surface area contributed by atoms with Crippen LogP contribution in [0.25, 0.3) is 11.3 Å². The quantitative estimate of drug-likeness (QED) is 0.563. The lowest BCUT2D eigenvalue weighted by Crippen LogP contribution is -2.22. The van der Waals surface area contributed by atoms with Gasteiger partial charge in [0.1, 0.15) is 15.8 Å². The molecule has 0 aliphatic heterocycles. The number of amides is 1. The van der Waals surface area contributed by atoms with Crippen LogP contribution in [0.4, 0.5) is 8.78 Å². The number of benzene rings is 1. The number of hydrogen-bond acceptors (Lipinski definition) is 6. The average molecular weight is 456 g/mol. The maximum Gasteiger partial charge on any atom is 0.252 e. The molecule has 30 heavy (non-hydrogen) atoms. The van der Waals surface area contributed by atoms with E-state index in [9.17, 15) is 22.0 Å². The zero-order chi connectivity index (χ0) is 21.9. The number of carbonyl (C=O) groups is 1. The maximum atomic E-state index is 13.8. The molecule has 3 rings (SSSR count). The first-order valence-corrected chi connectivity index (χ1v) is 11.1. The van der Waals surface area contributed by atoms with Crippen LogP contribution in [0.3, 0.4) is 0 Å². The van der Waals surface area contributed by atoms with Crippen LogP contribution in [-0.2, 0) is 27.8 Å². The van der Waals surface area contributed by atoms with Crippen molar-refractivity contribution < 1.29 is 26.4 Å². The molecule has 1 aromatic carbocycles. The van der Waals surface area contributed by atoms with E-state index in [2.05, 4.69) is 10.3 Å². The molecule has 160 valence electrons. The van der Waals surface area contributed by atoms with Crippen molar-refractivity contribution in [2.45, 2.75) is 23.6 Å². The Balaban J connectivity index is 1.52. The third kappa shape index (κ3) is 5.10. The Morgan fingerprint density at radius 1 is 1.23 bits per heavy atom. The first-order valence-electron chi connectivity index (χ1n) is 8.85. The van der Waals surface area contributed by atoms with E-state index in [0.717, 1.165) is 27.8 Å². The average Bonchev–Trinajstić information content (AvgIpc) is 3.34. The van der Waals surface area contributed by atoms with Crippen LogP contribution in [0, 0.1) is 11.6 Å². The van der Waals surface area contributed by atoms with Crippen LogP contribution in [0.1, 0.15) is 17.2 Å². The summed E-state index contributed by atoms with van der Waals surface area (Å²) in [7, 11) is -0.589. The van der Waals surface area contributed by atoms with E-state index >= 15 is 0 Å². The number of rotatable bonds is 8. The first kappa shape index (κ1) is 22.1. The Morgan fingerprint density at radius 3 is 2.70 bits per heavy atom. The van der Waals surface area contributed by atoms with Gasteiger partial charge in [-0.1, -0.05) is 0 Å². The van der Waals surface area contributed by atoms with Gasteiger partial charge >= 0.3 is 0 Å². The minimum Gasteiger partial charge on any atom is -0.441 e. The van der Waals surface area contributed by atoms with Crippen molar-refractivity contribution in [3.05, 3.63) is 58.9 Å². The summed E-state index contributed by atoms with van der Waals surface area (Å²) in [6, 6.07) is 6.29. The summed E-state index contributed by atoms with van der Waals surface area (Å²) in [6.45, 7) is 0.198. The van der Waals surface area contributed by atoms with Crippen molar-refractivity contribution in [1.29, 1.82) is 0 Å². The number of sulfonamides is 1. The van der Waals surface area contributed by atoms with E-state index in [4.69, 9.17) is 4.42 Å². The fraction of sp³-hybridized carbons (Fsp3) is 0.263. The van der Waals surface area contributed by atoms with Crippen molar-refractivity contribution in [3.63, 3.8) is 0 Å². The van der Waals surface area contributed by atoms with E-state index in [1.807, 2.05) is 0 Å². The Labute approximate surface area is 176 Å². The summed E-state index contributed by atoms with van der Waals surface area (Å²) in [5.74, 6) is -1.32. The largest absolute Gasteiger partial charge is 0.441 e. The smallest absolute Gasteiger partial charge is 0.252 e. The first-order chi connectivity index (χ1) is 14.2. The van der Waals surface area contributed by atoms with Gasteiger partial charge in [-0.15, -0.1) is 11.3 Å². The molecule has 0 aliphatic rings. The molecule has 0 spiro atoms. The molecular formula is C19H19F2N3O4S2. The lowest BCUT2D eigenvalue weighted by atomic mass is 10.2. The molecule has 2 heterocycles. The van der Waals surface area contributed by atoms with Crippen LogP contribution in [-0.4, -0.2) is 37.7 Å². The molecule has 0 saturated carbocycles. The van der Waals surface area contributed by atoms with Gasteiger partial charge < -0.3 is 9.73 Å². The van der Waals surface area contributed by atoms with Crippen molar-refractivity contribution in [2.24, 2.45) is 0 Å². The number of carbonyl (C=O) groups excluding carboxylic acids is 1. The van der Waals surface area contributed by atoms with Gasteiger partial charge in [-0.25, -0.2) is 26.5 Å². The minimum absolute atomic E-state index is 0.0834. The Morgan fingerprint density at radius 2 is 2.00 bits per heavy atom. The Bertz CT molecular complexity index is 1160. The highest BCUT2D eigenvalue weighted by Crippen LogP contribution is 2.25. The van der Waals surface area contributed by atoms with E-state index in [1.54, 1.807) is 6.07 Å². The van der Waals surface area contributed by atoms with Gasteiger partial charge in [-0.05, 0) is 24.3 Å². The summed E-state index contributed by atoms with van der Waals surface area (Å²) in [5.41, 5.74) is 0.0841. The van der Waals surface area contributed by atoms with Gasteiger partial charge in [-0.3, -0.25) is 4.79 Å². The molecule has 0 saturated heterocycles. The molecule has 0 bridgehead atoms. The molecule has 0 unspecified atom stereocenters. The fourth-order valence-electron chi connectivity index (χ4n) is 2.51. The van der Waals surface area contributed by atoms with E-state index in [0.29, 0.717) is 4.88 Å². The fourth-order valence-corrected chi connectivity index (χ4v) is 4.97. The zero-order valence-corrected chi connectivity index (χ0v) is 17.8. The van der Waals surface area contributed by atoms with Gasteiger partial charge in [0.15, 0.2) is 11.7 Å². The van der Waals surface area contributed by atoms with Gasteiger partial charge in [0.2, 0.25) is 5.91 Å². The molecule has 1 N–H and O–H groups in total. The molecule has 0 aliphatic carbocycles. The third-order valence-electron chi connectivity index (χ3n) is 4.15. The van der Waals surface area contributed by atoms with E-state index in [1.165, 1.54) is 32.4 Å². The summed E-state index contributed by atoms with van der Waals surface area (Å²) >= 11 is 1.09. The Hall–Kier alpha value is -2.63. The second kappa shape index (κ2) is 9.02. The third-order valence-corrected chi connectivity index (χ3v) is 7.52. The molecule has 0 atom stereocenters. The Kier molecular flexibility index (Phi) is 6.64. The number of nitrogens with zero attached hydrogens (tertiary/aromatic N) is 2. The standard InChI is InChI=1S/C19H19F2N3O4S2/c1-24(2)30(26,27)19-8-4-13(29-19)10-22-17(25)6-7-18-23-11-16(28-18)14-5-3-12(20)9-15(14)21/h3-5,8-9,11H,6-7,10H2,1-2H3,(H,22,25). The monoisotopic (exact) mass is 455 g/mol. The highest BCUT2D eigenvalue weighted by atomic mass is 32.2. The van der Waals surface area contributed by atoms with Crippen molar-refractivity contribution in [3.8, 4) is 11.3 Å². The normalized spacial score (nSPS) is 11.8. The summed E-state index contributed by atoms with van der Waals surface area (Å²) in [5, 5.41) is 2.71. The van der Waals surface area contributed by atoms with Crippen LogP contribution < -0.4 is 5.32 Å². The number of hydrogen-bond donors (Lipinski definition) is 1. The lowest BCUT2D eigenvalue weighted by Gasteiger charge is -2.08. The van der Waals surface area contributed by atoms with Gasteiger partial charge in [-0.2, -0.15) is 0 Å². The summed E-state index contributed by atoms with van der Waals surface area (Å²) < 4.78 is 57.7. The number of thiophene rings is 1. The van der Waals surface area contributed by atoms with Crippen LogP contribution in [0.2, 0.25) is 0 Å². The second-order valence-corrected chi connectivity index (χ2v) is 10.1. The highest BCUT2D eigenvalue weighted by Gasteiger charge is 2.19. The van der Waals surface area contributed by atoms with Gasteiger partial charge in [0.25, 0.3) is 10.0 Å². The number of aryl methyl sites for hydroxylation is 1. The predicted molar refractivity (Wildman–Crippen MR) is 107 cm³/mol. The molecule has 7 nitrogen and oxygen atoms in total. The molecule has 11 heteroatoms. The SMILES string of the molecule is CN(C)S(=O)(=O)c1ccc(CNC(=O)CCc2ncc(-c3ccc(F)cc3F)o2)s1. The van der Waals surface area contributed by atoms with Crippen molar-refractivity contribution in [1.82, 2.24) is 14.6 Å². The molecular weight excluding hydrogens is 436 g/mol. The molecule has 3 aromatic rings. The van der Waals surface area contributed by atoms with Crippen LogP contribution >= 0.6 is 11.3 Å². The summed E-state index contributed by atoms with van der Waals surface area (Å²) in [6.07, 6.45) is 1.60. The number of halogens is 2. The van der Waals surface area contributed by atoms with Crippen molar-refractivity contribution >= 4 is 27.3 Å². The van der Waals surface area contributed by atoms with Crippen molar-refractivity contribution in [2.75, 3.05) is 14.1 Å². The van der Waals surface area contributed by atoms with E-state index < -0.39 is 21.7 Å². The van der Waals surface area contributed by atoms with Gasteiger partial charge in [0.05, 0.1) is 18.3 Å². The van der Waals surface area contributed by atoms with Gasteiger partial charge in [0, 0.05) is 37.9 Å². The number of nitrogens with one attached hydrogen (secondary N) is 1. The summed E-state index contributed by atoms with van der Waals surface area (Å²) in [4.78, 5) is 16.8. The number of aromatic nitrogens is 1. The zero-order valence-electron chi connectivity index (χ0n) is 16.2. The molecule has 0 radical (unpaired) electrons. The van der Waals surface area contributed by atoms with Crippen LogP contribution in [0.5, 0.6) is 0 Å². The highest BCUT2D eigenvalue weighted by molar-refractivity contribution is 7.91. The van der Waals surface area contributed by atoms with E-state index in [-0.39, 0.29) is 46.7 Å². The molecule has 2 aromatic heterocycles. The maximum absolute atomic E-state index is 13.8. The van der Waals surface area contributed by atoms with Crippen LogP contribution in [0.15, 0.2) is 45.2 Å². The second-order valence-electron chi connectivity index (χ2n) is 6.53. The topological polar surface area (TPSA) is 92.5 Å². The molecule has 0 fully saturated rings. The minimum atomic E-state index is -3.50. The number of oxazole rings is 1. The lowest BCUT2D eigenvalue weighted by molar-refractivity contribution is -0.121. The molecule has 1 amide bonds.